The number of urea groups is 1. The fourth-order valence-electron chi connectivity index (χ4n) is 1.48. The molecule has 0 saturated carbocycles. The number of hydrogen-bond acceptors (Lipinski definition) is 4. The number of aromatic nitrogens is 2. The number of nitrogens with one attached hydrogen (secondary N) is 2. The van der Waals surface area contributed by atoms with Gasteiger partial charge in [-0.1, -0.05) is 6.07 Å². The monoisotopic (exact) mass is 312 g/mol. The Bertz CT molecular complexity index is 659. The molecule has 1 aromatic heterocycles. The van der Waals surface area contributed by atoms with Gasteiger partial charge in [0.2, 0.25) is 5.82 Å². The predicted molar refractivity (Wildman–Crippen MR) is 71.6 cm³/mol. The molecule has 6 nitrogen and oxygen atoms in total. The molecule has 1 aromatic carbocycles. The first-order valence-corrected chi connectivity index (χ1v) is 6.04. The van der Waals surface area contributed by atoms with Crippen LogP contribution in [-0.4, -0.2) is 23.0 Å². The van der Waals surface area contributed by atoms with Gasteiger partial charge in [0.25, 0.3) is 0 Å². The lowest BCUT2D eigenvalue weighted by Gasteiger charge is -2.09. The summed E-state index contributed by atoms with van der Waals surface area (Å²) >= 11 is 0. The van der Waals surface area contributed by atoms with Gasteiger partial charge in [-0.25, -0.2) is 14.8 Å². The quantitative estimate of drug-likeness (QED) is 0.913. The Labute approximate surface area is 123 Å². The first-order chi connectivity index (χ1) is 10.4. The van der Waals surface area contributed by atoms with Gasteiger partial charge in [0.05, 0.1) is 12.4 Å². The molecule has 0 bridgehead atoms. The molecule has 2 amide bonds. The van der Waals surface area contributed by atoms with E-state index in [1.165, 1.54) is 13.1 Å². The topological polar surface area (TPSA) is 76.1 Å². The van der Waals surface area contributed by atoms with Gasteiger partial charge in [-0.3, -0.25) is 0 Å². The highest BCUT2D eigenvalue weighted by molar-refractivity contribution is 5.89. The first-order valence-electron chi connectivity index (χ1n) is 6.04. The highest BCUT2D eigenvalue weighted by atomic mass is 19.4. The summed E-state index contributed by atoms with van der Waals surface area (Å²) in [5.74, 6) is -0.878. The molecule has 0 aliphatic heterocycles. The second-order valence-electron chi connectivity index (χ2n) is 4.07. The summed E-state index contributed by atoms with van der Waals surface area (Å²) in [6.45, 7) is 0. The Balaban J connectivity index is 2.10. The van der Waals surface area contributed by atoms with Gasteiger partial charge in [-0.05, 0) is 12.1 Å². The number of anilines is 1. The zero-order valence-electron chi connectivity index (χ0n) is 11.3. The third-order valence-corrected chi connectivity index (χ3v) is 2.44. The lowest BCUT2D eigenvalue weighted by atomic mass is 10.3. The number of ether oxygens (including phenoxy) is 1. The molecule has 0 spiro atoms. The maximum atomic E-state index is 12.3. The molecular weight excluding hydrogens is 301 g/mol. The molecule has 0 aliphatic rings. The number of amides is 2. The molecule has 2 rings (SSSR count). The van der Waals surface area contributed by atoms with Crippen molar-refractivity contribution in [3.05, 3.63) is 42.5 Å². The number of carbonyl (C=O) groups is 1. The molecular formula is C13H11F3N4O2. The van der Waals surface area contributed by atoms with Crippen LogP contribution in [0.3, 0.4) is 0 Å². The zero-order chi connectivity index (χ0) is 16.2. The Morgan fingerprint density at radius 1 is 1.18 bits per heavy atom. The van der Waals surface area contributed by atoms with Crippen LogP contribution in [0.1, 0.15) is 5.82 Å². The SMILES string of the molecule is CNC(=O)Nc1cccc(Oc2cnc(C(F)(F)F)nc2)c1. The second kappa shape index (κ2) is 6.29. The van der Waals surface area contributed by atoms with E-state index in [0.717, 1.165) is 12.4 Å². The predicted octanol–water partition coefficient (Wildman–Crippen LogP) is 3.04. The van der Waals surface area contributed by atoms with E-state index in [9.17, 15) is 18.0 Å². The molecule has 1 heterocycles. The molecule has 22 heavy (non-hydrogen) atoms. The summed E-state index contributed by atoms with van der Waals surface area (Å²) in [6.07, 6.45) is -2.75. The average molecular weight is 312 g/mol. The molecule has 2 aromatic rings. The van der Waals surface area contributed by atoms with Crippen LogP contribution >= 0.6 is 0 Å². The summed E-state index contributed by atoms with van der Waals surface area (Å²) in [7, 11) is 1.47. The normalized spacial score (nSPS) is 10.9. The van der Waals surface area contributed by atoms with Crippen molar-refractivity contribution in [1.82, 2.24) is 15.3 Å². The molecule has 0 radical (unpaired) electrons. The maximum absolute atomic E-state index is 12.3. The number of rotatable bonds is 3. The third-order valence-electron chi connectivity index (χ3n) is 2.44. The van der Waals surface area contributed by atoms with Gasteiger partial charge in [0.15, 0.2) is 5.75 Å². The van der Waals surface area contributed by atoms with E-state index in [2.05, 4.69) is 20.6 Å². The van der Waals surface area contributed by atoms with Crippen molar-refractivity contribution in [3.63, 3.8) is 0 Å². The van der Waals surface area contributed by atoms with Crippen LogP contribution in [0.5, 0.6) is 11.5 Å². The van der Waals surface area contributed by atoms with Crippen LogP contribution in [0, 0.1) is 0 Å². The number of benzene rings is 1. The minimum Gasteiger partial charge on any atom is -0.454 e. The van der Waals surface area contributed by atoms with E-state index in [-0.39, 0.29) is 5.75 Å². The van der Waals surface area contributed by atoms with Crippen LogP contribution in [0.15, 0.2) is 36.7 Å². The van der Waals surface area contributed by atoms with E-state index < -0.39 is 18.0 Å². The fraction of sp³-hybridized carbons (Fsp3) is 0.154. The van der Waals surface area contributed by atoms with Gasteiger partial charge >= 0.3 is 12.2 Å². The molecule has 9 heteroatoms. The Morgan fingerprint density at radius 3 is 2.45 bits per heavy atom. The van der Waals surface area contributed by atoms with E-state index in [0.29, 0.717) is 11.4 Å². The highest BCUT2D eigenvalue weighted by Crippen LogP contribution is 2.28. The van der Waals surface area contributed by atoms with Gasteiger partial charge in [0, 0.05) is 18.8 Å². The number of alkyl halides is 3. The Hall–Kier alpha value is -2.84. The standard InChI is InChI=1S/C13H11F3N4O2/c1-17-12(21)20-8-3-2-4-9(5-8)22-10-6-18-11(19-7-10)13(14,15)16/h2-7H,1H3,(H2,17,20,21). The Kier molecular flexibility index (Phi) is 4.44. The van der Waals surface area contributed by atoms with Crippen molar-refractivity contribution in [1.29, 1.82) is 0 Å². The largest absolute Gasteiger partial charge is 0.454 e. The second-order valence-corrected chi connectivity index (χ2v) is 4.07. The number of halogens is 3. The summed E-state index contributed by atoms with van der Waals surface area (Å²) in [6, 6.07) is 5.92. The van der Waals surface area contributed by atoms with Crippen LogP contribution in [0.4, 0.5) is 23.7 Å². The minimum atomic E-state index is -4.60. The van der Waals surface area contributed by atoms with Gasteiger partial charge in [0.1, 0.15) is 5.75 Å². The zero-order valence-corrected chi connectivity index (χ0v) is 11.3. The van der Waals surface area contributed by atoms with Crippen molar-refractivity contribution < 1.29 is 22.7 Å². The van der Waals surface area contributed by atoms with Crippen molar-refractivity contribution >= 4 is 11.7 Å². The van der Waals surface area contributed by atoms with Crippen LogP contribution in [-0.2, 0) is 6.18 Å². The highest BCUT2D eigenvalue weighted by Gasteiger charge is 2.34. The number of carbonyl (C=O) groups excluding carboxylic acids is 1. The lowest BCUT2D eigenvalue weighted by Crippen LogP contribution is -2.24. The fourth-order valence-corrected chi connectivity index (χ4v) is 1.48. The number of hydrogen-bond donors (Lipinski definition) is 2. The van der Waals surface area contributed by atoms with Gasteiger partial charge in [-0.15, -0.1) is 0 Å². The van der Waals surface area contributed by atoms with Crippen LogP contribution < -0.4 is 15.4 Å². The lowest BCUT2D eigenvalue weighted by molar-refractivity contribution is -0.145. The van der Waals surface area contributed by atoms with E-state index >= 15 is 0 Å². The van der Waals surface area contributed by atoms with Crippen molar-refractivity contribution in [2.24, 2.45) is 0 Å². The van der Waals surface area contributed by atoms with Crippen LogP contribution in [0.2, 0.25) is 0 Å². The summed E-state index contributed by atoms with van der Waals surface area (Å²) < 4.78 is 42.4. The van der Waals surface area contributed by atoms with Gasteiger partial charge < -0.3 is 15.4 Å². The molecule has 0 unspecified atom stereocenters. The van der Waals surface area contributed by atoms with E-state index in [1.807, 2.05) is 0 Å². The number of nitrogens with zero attached hydrogens (tertiary/aromatic N) is 2. The molecule has 0 atom stereocenters. The third kappa shape index (κ3) is 4.08. The average Bonchev–Trinajstić information content (AvgIpc) is 2.47. The molecule has 0 aliphatic carbocycles. The molecule has 116 valence electrons. The minimum absolute atomic E-state index is 0.0464. The van der Waals surface area contributed by atoms with E-state index in [4.69, 9.17) is 4.74 Å². The summed E-state index contributed by atoms with van der Waals surface area (Å²) in [5.41, 5.74) is 0.463. The maximum Gasteiger partial charge on any atom is 0.451 e. The molecule has 0 saturated heterocycles. The van der Waals surface area contributed by atoms with Gasteiger partial charge in [-0.2, -0.15) is 13.2 Å². The van der Waals surface area contributed by atoms with Crippen molar-refractivity contribution in [2.45, 2.75) is 6.18 Å². The molecule has 2 N–H and O–H groups in total. The Morgan fingerprint density at radius 2 is 1.86 bits per heavy atom. The first kappa shape index (κ1) is 15.5. The smallest absolute Gasteiger partial charge is 0.451 e. The van der Waals surface area contributed by atoms with Crippen LogP contribution in [0.25, 0.3) is 0 Å². The van der Waals surface area contributed by atoms with Crippen molar-refractivity contribution in [3.8, 4) is 11.5 Å². The van der Waals surface area contributed by atoms with E-state index in [1.54, 1.807) is 18.2 Å². The summed E-state index contributed by atoms with van der Waals surface area (Å²) in [5, 5.41) is 4.92. The van der Waals surface area contributed by atoms with Crippen molar-refractivity contribution in [2.75, 3.05) is 12.4 Å². The summed E-state index contributed by atoms with van der Waals surface area (Å²) in [4.78, 5) is 17.6. The molecule has 0 fully saturated rings.